The van der Waals surface area contributed by atoms with E-state index >= 15 is 0 Å². The Bertz CT molecular complexity index is 56.6. The monoisotopic (exact) mass is 158 g/mol. The molecule has 0 fully saturated rings. The second-order valence-electron chi connectivity index (χ2n) is 2.81. The first-order chi connectivity index (χ1) is 5.41. The molecule has 2 heteroatoms. The van der Waals surface area contributed by atoms with E-state index in [1.165, 1.54) is 25.8 Å². The number of rotatable bonds is 8. The van der Waals surface area contributed by atoms with Gasteiger partial charge < -0.3 is 10.6 Å². The molecule has 0 saturated carbocycles. The van der Waals surface area contributed by atoms with E-state index in [2.05, 4.69) is 24.5 Å². The zero-order valence-corrected chi connectivity index (χ0v) is 7.95. The van der Waals surface area contributed by atoms with Crippen LogP contribution in [0.5, 0.6) is 0 Å². The fourth-order valence-corrected chi connectivity index (χ4v) is 0.942. The van der Waals surface area contributed by atoms with E-state index in [0.29, 0.717) is 0 Å². The first-order valence-corrected chi connectivity index (χ1v) is 4.83. The van der Waals surface area contributed by atoms with Crippen LogP contribution in [0.4, 0.5) is 0 Å². The second-order valence-corrected chi connectivity index (χ2v) is 2.81. The molecule has 0 aliphatic carbocycles. The molecule has 0 saturated heterocycles. The molecule has 0 aromatic heterocycles. The van der Waals surface area contributed by atoms with Gasteiger partial charge in [-0.05, 0) is 39.0 Å². The molecule has 0 aromatic carbocycles. The number of nitrogens with one attached hydrogen (secondary N) is 2. The summed E-state index contributed by atoms with van der Waals surface area (Å²) in [5.74, 6) is 0. The Hall–Kier alpha value is -0.0800. The van der Waals surface area contributed by atoms with Gasteiger partial charge in [-0.1, -0.05) is 20.3 Å². The standard InChI is InChI=1S/C9H22N2/c1-3-5-7-11-9-6-8-10-4-2/h10-11H,3-9H2,1-2H3. The molecule has 2 nitrogen and oxygen atoms in total. The normalized spacial score (nSPS) is 10.4. The first kappa shape index (κ1) is 10.9. The summed E-state index contributed by atoms with van der Waals surface area (Å²) in [5, 5.41) is 6.70. The van der Waals surface area contributed by atoms with Crippen LogP contribution in [0.2, 0.25) is 0 Å². The van der Waals surface area contributed by atoms with Crippen LogP contribution in [0, 0.1) is 0 Å². The molecule has 0 aromatic rings. The Balaban J connectivity index is 2.69. The van der Waals surface area contributed by atoms with Gasteiger partial charge in [0.25, 0.3) is 0 Å². The summed E-state index contributed by atoms with van der Waals surface area (Å²) in [5.41, 5.74) is 0. The quantitative estimate of drug-likeness (QED) is 0.521. The molecule has 0 bridgehead atoms. The van der Waals surface area contributed by atoms with Crippen LogP contribution in [0.3, 0.4) is 0 Å². The van der Waals surface area contributed by atoms with Crippen molar-refractivity contribution >= 4 is 0 Å². The van der Waals surface area contributed by atoms with Crippen molar-refractivity contribution in [1.82, 2.24) is 10.6 Å². The van der Waals surface area contributed by atoms with Gasteiger partial charge in [0.1, 0.15) is 0 Å². The molecule has 0 aliphatic rings. The molecule has 11 heavy (non-hydrogen) atoms. The molecule has 0 amide bonds. The number of unbranched alkanes of at least 4 members (excludes halogenated alkanes) is 1. The Morgan fingerprint density at radius 3 is 2.09 bits per heavy atom. The Morgan fingerprint density at radius 1 is 0.818 bits per heavy atom. The van der Waals surface area contributed by atoms with Crippen LogP contribution in [-0.2, 0) is 0 Å². The smallest absolute Gasteiger partial charge is 0.00368 e. The lowest BCUT2D eigenvalue weighted by atomic mass is 10.3. The maximum atomic E-state index is 3.41. The molecule has 0 aliphatic heterocycles. The van der Waals surface area contributed by atoms with Crippen molar-refractivity contribution in [3.8, 4) is 0 Å². The van der Waals surface area contributed by atoms with Crippen LogP contribution in [0.25, 0.3) is 0 Å². The lowest BCUT2D eigenvalue weighted by molar-refractivity contribution is 0.589. The Kier molecular flexibility index (Phi) is 9.85. The van der Waals surface area contributed by atoms with Gasteiger partial charge in [-0.15, -0.1) is 0 Å². The summed E-state index contributed by atoms with van der Waals surface area (Å²) in [6, 6.07) is 0. The van der Waals surface area contributed by atoms with Crippen molar-refractivity contribution in [2.45, 2.75) is 33.1 Å². The van der Waals surface area contributed by atoms with E-state index in [0.717, 1.165) is 19.6 Å². The molecule has 0 spiro atoms. The topological polar surface area (TPSA) is 24.1 Å². The molecule has 2 N–H and O–H groups in total. The van der Waals surface area contributed by atoms with Crippen molar-refractivity contribution in [2.24, 2.45) is 0 Å². The van der Waals surface area contributed by atoms with Crippen LogP contribution in [-0.4, -0.2) is 26.2 Å². The second kappa shape index (κ2) is 9.92. The molecule has 0 rings (SSSR count). The lowest BCUT2D eigenvalue weighted by Crippen LogP contribution is -2.22. The van der Waals surface area contributed by atoms with Gasteiger partial charge in [-0.3, -0.25) is 0 Å². The van der Waals surface area contributed by atoms with Gasteiger partial charge in [0, 0.05) is 0 Å². The van der Waals surface area contributed by atoms with Gasteiger partial charge in [0.05, 0.1) is 0 Å². The minimum Gasteiger partial charge on any atom is -0.317 e. The summed E-state index contributed by atoms with van der Waals surface area (Å²) in [7, 11) is 0. The fraction of sp³-hybridized carbons (Fsp3) is 1.00. The van der Waals surface area contributed by atoms with Crippen LogP contribution < -0.4 is 10.6 Å². The van der Waals surface area contributed by atoms with Gasteiger partial charge in [-0.2, -0.15) is 0 Å². The third-order valence-corrected chi connectivity index (χ3v) is 1.66. The molecule has 0 heterocycles. The van der Waals surface area contributed by atoms with Crippen LogP contribution in [0.1, 0.15) is 33.1 Å². The Labute approximate surface area is 70.8 Å². The van der Waals surface area contributed by atoms with Gasteiger partial charge in [0.2, 0.25) is 0 Å². The molecule has 0 unspecified atom stereocenters. The van der Waals surface area contributed by atoms with E-state index in [4.69, 9.17) is 0 Å². The van der Waals surface area contributed by atoms with Crippen molar-refractivity contribution < 1.29 is 0 Å². The molecule has 0 atom stereocenters. The molecular weight excluding hydrogens is 136 g/mol. The maximum absolute atomic E-state index is 3.41. The highest BCUT2D eigenvalue weighted by molar-refractivity contribution is 4.49. The minimum absolute atomic E-state index is 1.09. The van der Waals surface area contributed by atoms with Gasteiger partial charge in [0.15, 0.2) is 0 Å². The molecular formula is C9H22N2. The highest BCUT2D eigenvalue weighted by Crippen LogP contribution is 1.82. The predicted molar refractivity (Wildman–Crippen MR) is 50.9 cm³/mol. The zero-order valence-electron chi connectivity index (χ0n) is 7.95. The number of hydrogen-bond donors (Lipinski definition) is 2. The van der Waals surface area contributed by atoms with E-state index in [1.807, 2.05) is 0 Å². The highest BCUT2D eigenvalue weighted by atomic mass is 14.9. The van der Waals surface area contributed by atoms with Crippen molar-refractivity contribution in [3.05, 3.63) is 0 Å². The van der Waals surface area contributed by atoms with E-state index in [9.17, 15) is 0 Å². The Morgan fingerprint density at radius 2 is 1.45 bits per heavy atom. The summed E-state index contributed by atoms with van der Waals surface area (Å²) >= 11 is 0. The third kappa shape index (κ3) is 9.92. The van der Waals surface area contributed by atoms with E-state index in [1.54, 1.807) is 0 Å². The number of hydrogen-bond acceptors (Lipinski definition) is 2. The van der Waals surface area contributed by atoms with Crippen LogP contribution in [0.15, 0.2) is 0 Å². The van der Waals surface area contributed by atoms with Crippen molar-refractivity contribution in [2.75, 3.05) is 26.2 Å². The van der Waals surface area contributed by atoms with Gasteiger partial charge >= 0.3 is 0 Å². The fourth-order valence-electron chi connectivity index (χ4n) is 0.942. The lowest BCUT2D eigenvalue weighted by Gasteiger charge is -2.03. The van der Waals surface area contributed by atoms with Crippen LogP contribution >= 0.6 is 0 Å². The van der Waals surface area contributed by atoms with E-state index in [-0.39, 0.29) is 0 Å². The summed E-state index contributed by atoms with van der Waals surface area (Å²) in [4.78, 5) is 0. The highest BCUT2D eigenvalue weighted by Gasteiger charge is 1.86. The molecule has 0 radical (unpaired) electrons. The van der Waals surface area contributed by atoms with Gasteiger partial charge in [-0.25, -0.2) is 0 Å². The molecule has 68 valence electrons. The minimum atomic E-state index is 1.09. The third-order valence-electron chi connectivity index (χ3n) is 1.66. The first-order valence-electron chi connectivity index (χ1n) is 4.83. The van der Waals surface area contributed by atoms with E-state index < -0.39 is 0 Å². The average Bonchev–Trinajstić information content (AvgIpc) is 2.03. The summed E-state index contributed by atoms with van der Waals surface area (Å²) < 4.78 is 0. The predicted octanol–water partition coefficient (Wildman–Crippen LogP) is 1.38. The van der Waals surface area contributed by atoms with Crippen molar-refractivity contribution in [3.63, 3.8) is 0 Å². The summed E-state index contributed by atoms with van der Waals surface area (Å²) in [6.45, 7) is 8.95. The largest absolute Gasteiger partial charge is 0.317 e. The maximum Gasteiger partial charge on any atom is -0.00368 e. The summed E-state index contributed by atoms with van der Waals surface area (Å²) in [6.07, 6.45) is 3.85. The SMILES string of the molecule is CCCCNCCCNCC. The average molecular weight is 158 g/mol. The zero-order chi connectivity index (χ0) is 8.36. The van der Waals surface area contributed by atoms with Crippen molar-refractivity contribution in [1.29, 1.82) is 0 Å².